The van der Waals surface area contributed by atoms with Crippen LogP contribution in [0.4, 0.5) is 4.39 Å². The summed E-state index contributed by atoms with van der Waals surface area (Å²) in [6.07, 6.45) is -0.650. The highest BCUT2D eigenvalue weighted by atomic mass is 19.1. The molecule has 0 aliphatic carbocycles. The molecule has 1 heterocycles. The van der Waals surface area contributed by atoms with Gasteiger partial charge in [-0.2, -0.15) is 0 Å². The van der Waals surface area contributed by atoms with E-state index in [9.17, 15) is 9.50 Å². The van der Waals surface area contributed by atoms with Crippen molar-refractivity contribution in [2.75, 3.05) is 0 Å². The summed E-state index contributed by atoms with van der Waals surface area (Å²) < 4.78 is 14.9. The Bertz CT molecular complexity index is 732. The van der Waals surface area contributed by atoms with Crippen LogP contribution in [0.1, 0.15) is 24.4 Å². The van der Waals surface area contributed by atoms with Gasteiger partial charge in [-0.1, -0.05) is 24.3 Å². The molecule has 1 N–H and O–H groups in total. The minimum atomic E-state index is -0.650. The fourth-order valence-corrected chi connectivity index (χ4v) is 2.35. The van der Waals surface area contributed by atoms with E-state index >= 15 is 0 Å². The van der Waals surface area contributed by atoms with Gasteiger partial charge in [0.25, 0.3) is 0 Å². The van der Waals surface area contributed by atoms with Crippen LogP contribution in [0, 0.1) is 5.82 Å². The molecule has 0 bridgehead atoms. The van der Waals surface area contributed by atoms with E-state index in [1.165, 1.54) is 12.1 Å². The van der Waals surface area contributed by atoms with Crippen LogP contribution in [0.5, 0.6) is 0 Å². The molecular formula is C16H15FN2O. The van der Waals surface area contributed by atoms with Crippen molar-refractivity contribution in [1.29, 1.82) is 0 Å². The molecule has 0 saturated carbocycles. The normalized spacial score (nSPS) is 12.8. The Hall–Kier alpha value is -2.20. The second-order valence-corrected chi connectivity index (χ2v) is 4.85. The first kappa shape index (κ1) is 12.8. The highest BCUT2D eigenvalue weighted by molar-refractivity contribution is 5.76. The van der Waals surface area contributed by atoms with Crippen LogP contribution >= 0.6 is 0 Å². The number of rotatable bonds is 3. The van der Waals surface area contributed by atoms with Crippen molar-refractivity contribution in [2.45, 2.75) is 19.6 Å². The summed E-state index contributed by atoms with van der Waals surface area (Å²) >= 11 is 0. The van der Waals surface area contributed by atoms with Crippen LogP contribution in [0.3, 0.4) is 0 Å². The minimum Gasteiger partial charge on any atom is -0.385 e. The molecule has 0 saturated heterocycles. The zero-order valence-electron chi connectivity index (χ0n) is 11.1. The molecule has 2 aromatic carbocycles. The Morgan fingerprint density at radius 1 is 1.15 bits per heavy atom. The van der Waals surface area contributed by atoms with Gasteiger partial charge in [0.2, 0.25) is 0 Å². The number of aromatic nitrogens is 2. The first-order chi connectivity index (χ1) is 9.65. The third kappa shape index (κ3) is 2.30. The fraction of sp³-hybridized carbons (Fsp3) is 0.188. The first-order valence-electron chi connectivity index (χ1n) is 6.53. The van der Waals surface area contributed by atoms with E-state index in [1.54, 1.807) is 19.1 Å². The highest BCUT2D eigenvalue weighted by Gasteiger charge is 2.14. The van der Waals surface area contributed by atoms with Crippen molar-refractivity contribution in [2.24, 2.45) is 0 Å². The Morgan fingerprint density at radius 3 is 2.55 bits per heavy atom. The van der Waals surface area contributed by atoms with E-state index in [1.807, 2.05) is 28.8 Å². The van der Waals surface area contributed by atoms with Crippen LogP contribution < -0.4 is 0 Å². The number of aliphatic hydroxyl groups is 1. The van der Waals surface area contributed by atoms with Gasteiger partial charge in [-0.15, -0.1) is 0 Å². The summed E-state index contributed by atoms with van der Waals surface area (Å²) in [4.78, 5) is 4.46. The monoisotopic (exact) mass is 270 g/mol. The maximum absolute atomic E-state index is 13.0. The van der Waals surface area contributed by atoms with Crippen LogP contribution in [-0.4, -0.2) is 14.7 Å². The predicted molar refractivity (Wildman–Crippen MR) is 75.9 cm³/mol. The Labute approximate surface area is 116 Å². The molecule has 0 fully saturated rings. The lowest BCUT2D eigenvalue weighted by Crippen LogP contribution is -2.07. The SMILES string of the molecule is C[C@@H](O)c1nc2ccccc2n1Cc1ccc(F)cc1. The number of hydrogen-bond acceptors (Lipinski definition) is 2. The Balaban J connectivity index is 2.09. The van der Waals surface area contributed by atoms with Crippen LogP contribution in [-0.2, 0) is 6.54 Å². The van der Waals surface area contributed by atoms with Crippen LogP contribution in [0.25, 0.3) is 11.0 Å². The number of halogens is 1. The summed E-state index contributed by atoms with van der Waals surface area (Å²) in [5.74, 6) is 0.371. The molecule has 0 aliphatic heterocycles. The molecule has 3 aromatic rings. The third-order valence-electron chi connectivity index (χ3n) is 3.31. The van der Waals surface area contributed by atoms with Gasteiger partial charge in [-0.3, -0.25) is 0 Å². The lowest BCUT2D eigenvalue weighted by Gasteiger charge is -2.11. The van der Waals surface area contributed by atoms with Gasteiger partial charge < -0.3 is 9.67 Å². The van der Waals surface area contributed by atoms with Crippen molar-refractivity contribution < 1.29 is 9.50 Å². The van der Waals surface area contributed by atoms with E-state index in [2.05, 4.69) is 4.98 Å². The number of para-hydroxylation sites is 2. The van der Waals surface area contributed by atoms with E-state index in [4.69, 9.17) is 0 Å². The van der Waals surface area contributed by atoms with E-state index in [0.717, 1.165) is 16.6 Å². The smallest absolute Gasteiger partial charge is 0.138 e. The zero-order valence-corrected chi connectivity index (χ0v) is 11.1. The second-order valence-electron chi connectivity index (χ2n) is 4.85. The average Bonchev–Trinajstić information content (AvgIpc) is 2.81. The molecule has 3 nitrogen and oxygen atoms in total. The third-order valence-corrected chi connectivity index (χ3v) is 3.31. The summed E-state index contributed by atoms with van der Waals surface area (Å²) in [7, 11) is 0. The van der Waals surface area contributed by atoms with E-state index in [-0.39, 0.29) is 5.82 Å². The molecule has 0 amide bonds. The van der Waals surface area contributed by atoms with Gasteiger partial charge in [0.05, 0.1) is 11.0 Å². The molecule has 1 aromatic heterocycles. The van der Waals surface area contributed by atoms with Crippen molar-refractivity contribution in [1.82, 2.24) is 9.55 Å². The van der Waals surface area contributed by atoms with Gasteiger partial charge in [0.15, 0.2) is 0 Å². The van der Waals surface area contributed by atoms with Crippen molar-refractivity contribution in [3.63, 3.8) is 0 Å². The maximum Gasteiger partial charge on any atom is 0.138 e. The Morgan fingerprint density at radius 2 is 1.85 bits per heavy atom. The molecule has 1 atom stereocenters. The Kier molecular flexibility index (Phi) is 3.24. The molecule has 0 aliphatic rings. The van der Waals surface area contributed by atoms with Crippen molar-refractivity contribution >= 4 is 11.0 Å². The fourth-order valence-electron chi connectivity index (χ4n) is 2.35. The summed E-state index contributed by atoms with van der Waals surface area (Å²) in [5, 5.41) is 9.88. The molecule has 3 rings (SSSR count). The topological polar surface area (TPSA) is 38.1 Å². The highest BCUT2D eigenvalue weighted by Crippen LogP contribution is 2.22. The van der Waals surface area contributed by atoms with Crippen LogP contribution in [0.15, 0.2) is 48.5 Å². The number of hydrogen-bond donors (Lipinski definition) is 1. The molecule has 20 heavy (non-hydrogen) atoms. The van der Waals surface area contributed by atoms with Gasteiger partial charge in [-0.05, 0) is 36.8 Å². The second kappa shape index (κ2) is 5.06. The summed E-state index contributed by atoms with van der Waals surface area (Å²) in [6, 6.07) is 14.1. The molecule has 0 radical (unpaired) electrons. The first-order valence-corrected chi connectivity index (χ1v) is 6.53. The predicted octanol–water partition coefficient (Wildman–Crippen LogP) is 3.28. The average molecular weight is 270 g/mol. The minimum absolute atomic E-state index is 0.250. The number of nitrogens with zero attached hydrogens (tertiary/aromatic N) is 2. The van der Waals surface area contributed by atoms with Gasteiger partial charge in [0, 0.05) is 6.54 Å². The number of fused-ring (bicyclic) bond motifs is 1. The summed E-state index contributed by atoms with van der Waals surface area (Å²) in [6.45, 7) is 2.25. The molecule has 0 spiro atoms. The lowest BCUT2D eigenvalue weighted by atomic mass is 10.2. The van der Waals surface area contributed by atoms with Crippen LogP contribution in [0.2, 0.25) is 0 Å². The number of aliphatic hydroxyl groups excluding tert-OH is 1. The van der Waals surface area contributed by atoms with E-state index in [0.29, 0.717) is 12.4 Å². The molecule has 0 unspecified atom stereocenters. The standard InChI is InChI=1S/C16H15FN2O/c1-11(20)16-18-14-4-2-3-5-15(14)19(16)10-12-6-8-13(17)9-7-12/h2-9,11,20H,10H2,1H3/t11-/m1/s1. The molecule has 102 valence electrons. The number of imidazole rings is 1. The lowest BCUT2D eigenvalue weighted by molar-refractivity contribution is 0.185. The zero-order chi connectivity index (χ0) is 14.1. The number of benzene rings is 2. The van der Waals surface area contributed by atoms with Crippen molar-refractivity contribution in [3.8, 4) is 0 Å². The van der Waals surface area contributed by atoms with Gasteiger partial charge in [-0.25, -0.2) is 9.37 Å². The quantitative estimate of drug-likeness (QED) is 0.793. The van der Waals surface area contributed by atoms with Gasteiger partial charge in [0.1, 0.15) is 17.7 Å². The van der Waals surface area contributed by atoms with Gasteiger partial charge >= 0.3 is 0 Å². The summed E-state index contributed by atoms with van der Waals surface area (Å²) in [5.41, 5.74) is 2.79. The molecular weight excluding hydrogens is 255 g/mol. The largest absolute Gasteiger partial charge is 0.385 e. The molecule has 4 heteroatoms. The van der Waals surface area contributed by atoms with E-state index < -0.39 is 6.10 Å². The maximum atomic E-state index is 13.0. The van der Waals surface area contributed by atoms with Crippen molar-refractivity contribution in [3.05, 3.63) is 65.7 Å².